The van der Waals surface area contributed by atoms with Gasteiger partial charge in [0.15, 0.2) is 5.78 Å². The molecule has 86 valence electrons. The van der Waals surface area contributed by atoms with Crippen LogP contribution in [-0.4, -0.2) is 12.3 Å². The fourth-order valence-corrected chi connectivity index (χ4v) is 2.31. The molecule has 0 spiro atoms. The average molecular weight is 237 g/mol. The summed E-state index contributed by atoms with van der Waals surface area (Å²) in [4.78, 5) is 11.7. The standard InChI is InChI=1S/C11H15N3OS/c1-3-4-5-14-11-8(6-12)9(13)10(16-11)7(2)15/h14H,3-5,13H2,1-2H3. The largest absolute Gasteiger partial charge is 0.396 e. The number of ketones is 1. The van der Waals surface area contributed by atoms with Crippen LogP contribution in [0.1, 0.15) is 41.9 Å². The minimum Gasteiger partial charge on any atom is -0.396 e. The summed E-state index contributed by atoms with van der Waals surface area (Å²) < 4.78 is 0. The van der Waals surface area contributed by atoms with Gasteiger partial charge in [-0.1, -0.05) is 13.3 Å². The van der Waals surface area contributed by atoms with Crippen molar-refractivity contribution in [1.29, 1.82) is 5.26 Å². The second-order valence-electron chi connectivity index (χ2n) is 3.50. The first-order valence-corrected chi connectivity index (χ1v) is 6.00. The number of anilines is 2. The van der Waals surface area contributed by atoms with E-state index in [1.54, 1.807) is 0 Å². The molecule has 0 atom stereocenters. The van der Waals surface area contributed by atoms with E-state index in [-0.39, 0.29) is 5.78 Å². The van der Waals surface area contributed by atoms with E-state index in [9.17, 15) is 4.79 Å². The molecule has 0 saturated heterocycles. The van der Waals surface area contributed by atoms with Crippen molar-refractivity contribution >= 4 is 27.8 Å². The summed E-state index contributed by atoms with van der Waals surface area (Å²) in [6.07, 6.45) is 2.10. The molecule has 0 aliphatic heterocycles. The van der Waals surface area contributed by atoms with Gasteiger partial charge in [-0.15, -0.1) is 11.3 Å². The summed E-state index contributed by atoms with van der Waals surface area (Å²) >= 11 is 1.26. The zero-order valence-corrected chi connectivity index (χ0v) is 10.3. The Labute approximate surface area is 99.1 Å². The molecule has 4 nitrogen and oxygen atoms in total. The first-order valence-electron chi connectivity index (χ1n) is 5.19. The predicted octanol–water partition coefficient (Wildman–Crippen LogP) is 2.62. The number of nitrogens with zero attached hydrogens (tertiary/aromatic N) is 1. The van der Waals surface area contributed by atoms with Crippen LogP contribution < -0.4 is 11.1 Å². The molecule has 0 radical (unpaired) electrons. The molecule has 0 unspecified atom stereocenters. The van der Waals surface area contributed by atoms with E-state index in [4.69, 9.17) is 11.0 Å². The molecule has 16 heavy (non-hydrogen) atoms. The Morgan fingerprint density at radius 1 is 1.62 bits per heavy atom. The average Bonchev–Trinajstić information content (AvgIpc) is 2.55. The highest BCUT2D eigenvalue weighted by atomic mass is 32.1. The molecule has 5 heteroatoms. The van der Waals surface area contributed by atoms with Gasteiger partial charge in [0.25, 0.3) is 0 Å². The smallest absolute Gasteiger partial charge is 0.171 e. The van der Waals surface area contributed by atoms with Gasteiger partial charge in [0, 0.05) is 13.5 Å². The topological polar surface area (TPSA) is 78.9 Å². The number of hydrogen-bond donors (Lipinski definition) is 2. The number of Topliss-reactive ketones (excluding diaryl/α,β-unsaturated/α-hetero) is 1. The van der Waals surface area contributed by atoms with Crippen molar-refractivity contribution in [2.45, 2.75) is 26.7 Å². The Hall–Kier alpha value is -1.54. The molecule has 0 aliphatic carbocycles. The SMILES string of the molecule is CCCCNc1sc(C(C)=O)c(N)c1C#N. The van der Waals surface area contributed by atoms with E-state index < -0.39 is 0 Å². The number of nitrogens with two attached hydrogens (primary N) is 1. The van der Waals surface area contributed by atoms with Crippen LogP contribution in [0, 0.1) is 11.3 Å². The maximum Gasteiger partial charge on any atom is 0.171 e. The molecule has 1 heterocycles. The Bertz CT molecular complexity index is 431. The first kappa shape index (κ1) is 12.5. The first-order chi connectivity index (χ1) is 7.61. The summed E-state index contributed by atoms with van der Waals surface area (Å²) in [6, 6.07) is 2.04. The summed E-state index contributed by atoms with van der Waals surface area (Å²) in [5.74, 6) is -0.0949. The van der Waals surface area contributed by atoms with Crippen LogP contribution in [0.4, 0.5) is 10.7 Å². The van der Waals surface area contributed by atoms with Gasteiger partial charge in [-0.05, 0) is 6.42 Å². The third kappa shape index (κ3) is 2.52. The van der Waals surface area contributed by atoms with E-state index in [2.05, 4.69) is 12.2 Å². The maximum absolute atomic E-state index is 11.3. The molecule has 1 rings (SSSR count). The molecule has 0 saturated carbocycles. The third-order valence-electron chi connectivity index (χ3n) is 2.19. The lowest BCUT2D eigenvalue weighted by Crippen LogP contribution is -2.00. The number of rotatable bonds is 5. The van der Waals surface area contributed by atoms with E-state index in [1.165, 1.54) is 18.3 Å². The minimum absolute atomic E-state index is 0.0949. The lowest BCUT2D eigenvalue weighted by atomic mass is 10.2. The fraction of sp³-hybridized carbons (Fsp3) is 0.455. The number of hydrogen-bond acceptors (Lipinski definition) is 5. The molecule has 1 aromatic rings. The van der Waals surface area contributed by atoms with Gasteiger partial charge in [-0.2, -0.15) is 5.26 Å². The molecule has 0 aromatic carbocycles. The second-order valence-corrected chi connectivity index (χ2v) is 4.52. The van der Waals surface area contributed by atoms with E-state index >= 15 is 0 Å². The van der Waals surface area contributed by atoms with Crippen molar-refractivity contribution in [3.05, 3.63) is 10.4 Å². The van der Waals surface area contributed by atoms with Crippen LogP contribution in [0.3, 0.4) is 0 Å². The van der Waals surface area contributed by atoms with Gasteiger partial charge >= 0.3 is 0 Å². The number of carbonyl (C=O) groups is 1. The maximum atomic E-state index is 11.3. The fourth-order valence-electron chi connectivity index (χ4n) is 1.32. The van der Waals surface area contributed by atoms with E-state index in [0.717, 1.165) is 19.4 Å². The minimum atomic E-state index is -0.0949. The Kier molecular flexibility index (Phi) is 4.32. The van der Waals surface area contributed by atoms with Gasteiger partial charge in [-0.25, -0.2) is 0 Å². The predicted molar refractivity (Wildman–Crippen MR) is 66.8 cm³/mol. The van der Waals surface area contributed by atoms with Crippen molar-refractivity contribution in [3.63, 3.8) is 0 Å². The van der Waals surface area contributed by atoms with Crippen LogP contribution in [0.2, 0.25) is 0 Å². The molecular formula is C11H15N3OS. The zero-order valence-electron chi connectivity index (χ0n) is 9.46. The summed E-state index contributed by atoms with van der Waals surface area (Å²) in [5, 5.41) is 12.8. The summed E-state index contributed by atoms with van der Waals surface area (Å²) in [5.41, 5.74) is 6.45. The van der Waals surface area contributed by atoms with E-state index in [1.807, 2.05) is 6.07 Å². The molecular weight excluding hydrogens is 222 g/mol. The Morgan fingerprint density at radius 3 is 2.81 bits per heavy atom. The van der Waals surface area contributed by atoms with Crippen molar-refractivity contribution in [2.24, 2.45) is 0 Å². The van der Waals surface area contributed by atoms with Crippen LogP contribution in [0.5, 0.6) is 0 Å². The second kappa shape index (κ2) is 5.52. The van der Waals surface area contributed by atoms with Crippen LogP contribution in [0.15, 0.2) is 0 Å². The normalized spacial score (nSPS) is 9.81. The van der Waals surface area contributed by atoms with Crippen molar-refractivity contribution in [1.82, 2.24) is 0 Å². The lowest BCUT2D eigenvalue weighted by Gasteiger charge is -2.01. The van der Waals surface area contributed by atoms with Gasteiger partial charge in [0.1, 0.15) is 16.6 Å². The highest BCUT2D eigenvalue weighted by Gasteiger charge is 2.17. The number of nitriles is 1. The van der Waals surface area contributed by atoms with E-state index in [0.29, 0.717) is 21.1 Å². The van der Waals surface area contributed by atoms with Crippen molar-refractivity contribution < 1.29 is 4.79 Å². The van der Waals surface area contributed by atoms with Crippen LogP contribution >= 0.6 is 11.3 Å². The highest BCUT2D eigenvalue weighted by molar-refractivity contribution is 7.18. The third-order valence-corrected chi connectivity index (χ3v) is 3.46. The zero-order chi connectivity index (χ0) is 12.1. The quantitative estimate of drug-likeness (QED) is 0.609. The van der Waals surface area contributed by atoms with Crippen LogP contribution in [-0.2, 0) is 0 Å². The molecule has 0 bridgehead atoms. The molecule has 0 fully saturated rings. The van der Waals surface area contributed by atoms with Gasteiger partial charge in [0.2, 0.25) is 0 Å². The molecule has 1 aromatic heterocycles. The monoisotopic (exact) mass is 237 g/mol. The lowest BCUT2D eigenvalue weighted by molar-refractivity contribution is 0.102. The van der Waals surface area contributed by atoms with Crippen molar-refractivity contribution in [3.8, 4) is 6.07 Å². The van der Waals surface area contributed by atoms with Gasteiger partial charge in [-0.3, -0.25) is 4.79 Å². The number of nitrogens with one attached hydrogen (secondary N) is 1. The van der Waals surface area contributed by atoms with Gasteiger partial charge < -0.3 is 11.1 Å². The Morgan fingerprint density at radius 2 is 2.31 bits per heavy atom. The highest BCUT2D eigenvalue weighted by Crippen LogP contribution is 2.35. The Balaban J connectivity index is 2.96. The molecule has 3 N–H and O–H groups in total. The number of unbranched alkanes of at least 4 members (excludes halogenated alkanes) is 1. The molecule has 0 amide bonds. The van der Waals surface area contributed by atoms with Crippen LogP contribution in [0.25, 0.3) is 0 Å². The number of thiophene rings is 1. The number of nitrogen functional groups attached to an aromatic ring is 1. The number of carbonyl (C=O) groups excluding carboxylic acids is 1. The molecule has 0 aliphatic rings. The summed E-state index contributed by atoms with van der Waals surface area (Å²) in [6.45, 7) is 4.35. The summed E-state index contributed by atoms with van der Waals surface area (Å²) in [7, 11) is 0. The van der Waals surface area contributed by atoms with Gasteiger partial charge in [0.05, 0.1) is 10.6 Å². The van der Waals surface area contributed by atoms with Crippen molar-refractivity contribution in [2.75, 3.05) is 17.6 Å².